The van der Waals surface area contributed by atoms with E-state index in [4.69, 9.17) is 11.6 Å². The van der Waals surface area contributed by atoms with Crippen LogP contribution in [0, 0.1) is 13.8 Å². The Kier molecular flexibility index (Phi) is 10.7. The summed E-state index contributed by atoms with van der Waals surface area (Å²) in [4.78, 5) is 0. The normalized spacial score (nSPS) is 11.1. The zero-order chi connectivity index (χ0) is 16.2. The summed E-state index contributed by atoms with van der Waals surface area (Å²) in [5.74, 6) is 0.630. The Bertz CT molecular complexity index is 409. The molecule has 0 spiro atoms. The van der Waals surface area contributed by atoms with Gasteiger partial charge in [-0.25, -0.2) is 0 Å². The van der Waals surface area contributed by atoms with Crippen molar-refractivity contribution >= 4 is 11.6 Å². The Morgan fingerprint density at radius 1 is 0.682 bits per heavy atom. The quantitative estimate of drug-likeness (QED) is 0.276. The van der Waals surface area contributed by atoms with E-state index >= 15 is 0 Å². The number of hydrogen-bond donors (Lipinski definition) is 0. The summed E-state index contributed by atoms with van der Waals surface area (Å²) in [6, 6.07) is 4.49. The van der Waals surface area contributed by atoms with Crippen LogP contribution >= 0.6 is 11.6 Å². The van der Waals surface area contributed by atoms with E-state index in [1.165, 1.54) is 92.9 Å². The highest BCUT2D eigenvalue weighted by Crippen LogP contribution is 2.21. The van der Waals surface area contributed by atoms with Crippen LogP contribution in [0.1, 0.15) is 93.4 Å². The van der Waals surface area contributed by atoms with E-state index in [-0.39, 0.29) is 0 Å². The second-order valence-electron chi connectivity index (χ2n) is 6.70. The molecule has 0 nitrogen and oxygen atoms in total. The maximum absolute atomic E-state index is 5.97. The molecule has 1 aromatic carbocycles. The first-order valence-corrected chi connectivity index (χ1v) is 9.88. The van der Waals surface area contributed by atoms with Gasteiger partial charge in [0.05, 0.1) is 0 Å². The van der Waals surface area contributed by atoms with E-state index in [2.05, 4.69) is 32.9 Å². The molecule has 0 amide bonds. The van der Waals surface area contributed by atoms with Crippen LogP contribution in [0.2, 0.25) is 0 Å². The zero-order valence-electron chi connectivity index (χ0n) is 15.0. The molecule has 0 radical (unpaired) electrons. The summed E-state index contributed by atoms with van der Waals surface area (Å²) in [6.45, 7) is 6.73. The Morgan fingerprint density at radius 3 is 1.68 bits per heavy atom. The van der Waals surface area contributed by atoms with Gasteiger partial charge < -0.3 is 0 Å². The summed E-state index contributed by atoms with van der Waals surface area (Å²) < 4.78 is 0. The van der Waals surface area contributed by atoms with E-state index in [1.54, 1.807) is 0 Å². The maximum atomic E-state index is 5.97. The average Bonchev–Trinajstić information content (AvgIpc) is 2.53. The fraction of sp³-hybridized carbons (Fsp3) is 0.714. The number of rotatable bonds is 12. The lowest BCUT2D eigenvalue weighted by Crippen LogP contribution is -1.96. The number of unbranched alkanes of at least 4 members (excludes halogenated alkanes) is 9. The third-order valence-electron chi connectivity index (χ3n) is 4.96. The molecular formula is C21H35Cl. The number of alkyl halides is 1. The van der Waals surface area contributed by atoms with Crippen molar-refractivity contribution in [1.29, 1.82) is 0 Å². The third-order valence-corrected chi connectivity index (χ3v) is 5.24. The van der Waals surface area contributed by atoms with E-state index in [1.807, 2.05) is 0 Å². The van der Waals surface area contributed by atoms with Crippen molar-refractivity contribution in [2.24, 2.45) is 0 Å². The summed E-state index contributed by atoms with van der Waals surface area (Å²) in [5, 5.41) is 0. The lowest BCUT2D eigenvalue weighted by Gasteiger charge is -2.12. The molecule has 0 N–H and O–H groups in total. The standard InChI is InChI=1S/C21H35Cl/c1-4-5-6-7-8-9-10-11-12-13-14-20-15-16-21(17-22)19(3)18(20)2/h15-16H,4-14,17H2,1-3H3. The van der Waals surface area contributed by atoms with Gasteiger partial charge in [-0.1, -0.05) is 76.8 Å². The largest absolute Gasteiger partial charge is 0.122 e. The van der Waals surface area contributed by atoms with E-state index < -0.39 is 0 Å². The molecule has 0 saturated carbocycles. The molecule has 22 heavy (non-hydrogen) atoms. The first kappa shape index (κ1) is 19.6. The fourth-order valence-corrected chi connectivity index (χ4v) is 3.44. The van der Waals surface area contributed by atoms with Crippen molar-refractivity contribution < 1.29 is 0 Å². The summed E-state index contributed by atoms with van der Waals surface area (Å²) in [5.41, 5.74) is 5.64. The van der Waals surface area contributed by atoms with Crippen LogP contribution in [0.25, 0.3) is 0 Å². The Hall–Kier alpha value is -0.490. The van der Waals surface area contributed by atoms with Gasteiger partial charge in [-0.2, -0.15) is 0 Å². The number of halogens is 1. The van der Waals surface area contributed by atoms with Crippen molar-refractivity contribution in [3.8, 4) is 0 Å². The van der Waals surface area contributed by atoms with Gasteiger partial charge in [-0.05, 0) is 48.9 Å². The van der Waals surface area contributed by atoms with Gasteiger partial charge in [0.2, 0.25) is 0 Å². The molecule has 0 heterocycles. The predicted octanol–water partition coefficient (Wildman–Crippen LogP) is 7.51. The number of hydrogen-bond acceptors (Lipinski definition) is 0. The van der Waals surface area contributed by atoms with E-state index in [9.17, 15) is 0 Å². The monoisotopic (exact) mass is 322 g/mol. The van der Waals surface area contributed by atoms with Gasteiger partial charge in [-0.3, -0.25) is 0 Å². The summed E-state index contributed by atoms with van der Waals surface area (Å²) in [7, 11) is 0. The highest BCUT2D eigenvalue weighted by atomic mass is 35.5. The molecule has 0 aliphatic rings. The SMILES string of the molecule is CCCCCCCCCCCCc1ccc(CCl)c(C)c1C. The van der Waals surface area contributed by atoms with Crippen molar-refractivity contribution in [3.63, 3.8) is 0 Å². The first-order valence-electron chi connectivity index (χ1n) is 9.34. The molecule has 1 heteroatoms. The minimum absolute atomic E-state index is 0.630. The van der Waals surface area contributed by atoms with Crippen LogP contribution in [0.5, 0.6) is 0 Å². The maximum Gasteiger partial charge on any atom is 0.0476 e. The first-order chi connectivity index (χ1) is 10.7. The van der Waals surface area contributed by atoms with Crippen molar-refractivity contribution in [3.05, 3.63) is 34.4 Å². The topological polar surface area (TPSA) is 0 Å². The lowest BCUT2D eigenvalue weighted by molar-refractivity contribution is 0.556. The molecule has 1 rings (SSSR count). The molecule has 0 unspecified atom stereocenters. The van der Waals surface area contributed by atoms with Gasteiger partial charge >= 0.3 is 0 Å². The van der Waals surface area contributed by atoms with Gasteiger partial charge in [0.15, 0.2) is 0 Å². The molecule has 0 fully saturated rings. The molecule has 0 aliphatic carbocycles. The third kappa shape index (κ3) is 7.18. The van der Waals surface area contributed by atoms with Crippen molar-refractivity contribution in [2.75, 3.05) is 0 Å². The van der Waals surface area contributed by atoms with Crippen molar-refractivity contribution in [1.82, 2.24) is 0 Å². The van der Waals surface area contributed by atoms with E-state index in [0.717, 1.165) is 0 Å². The fourth-order valence-electron chi connectivity index (χ4n) is 3.15. The Morgan fingerprint density at radius 2 is 1.14 bits per heavy atom. The molecule has 0 bridgehead atoms. The van der Waals surface area contributed by atoms with Gasteiger partial charge in [0.1, 0.15) is 0 Å². The second-order valence-corrected chi connectivity index (χ2v) is 6.97. The van der Waals surface area contributed by atoms with Crippen LogP contribution in [-0.4, -0.2) is 0 Å². The predicted molar refractivity (Wildman–Crippen MR) is 101 cm³/mol. The number of aryl methyl sites for hydroxylation is 1. The average molecular weight is 323 g/mol. The zero-order valence-corrected chi connectivity index (χ0v) is 15.8. The van der Waals surface area contributed by atoms with Gasteiger partial charge in [-0.15, -0.1) is 11.6 Å². The Labute approximate surface area is 143 Å². The van der Waals surface area contributed by atoms with Crippen LogP contribution in [-0.2, 0) is 12.3 Å². The second kappa shape index (κ2) is 12.0. The smallest absolute Gasteiger partial charge is 0.0476 e. The summed E-state index contributed by atoms with van der Waals surface area (Å²) in [6.07, 6.45) is 15.3. The Balaban J connectivity index is 2.11. The van der Waals surface area contributed by atoms with Crippen LogP contribution in [0.3, 0.4) is 0 Å². The molecule has 0 aliphatic heterocycles. The summed E-state index contributed by atoms with van der Waals surface area (Å²) >= 11 is 5.97. The van der Waals surface area contributed by atoms with Crippen LogP contribution < -0.4 is 0 Å². The molecule has 0 atom stereocenters. The number of benzene rings is 1. The highest BCUT2D eigenvalue weighted by molar-refractivity contribution is 6.17. The minimum Gasteiger partial charge on any atom is -0.122 e. The molecule has 0 aromatic heterocycles. The highest BCUT2D eigenvalue weighted by Gasteiger charge is 2.05. The lowest BCUT2D eigenvalue weighted by atomic mass is 9.95. The van der Waals surface area contributed by atoms with E-state index in [0.29, 0.717) is 5.88 Å². The van der Waals surface area contributed by atoms with Crippen molar-refractivity contribution in [2.45, 2.75) is 97.3 Å². The molecule has 126 valence electrons. The molecule has 1 aromatic rings. The van der Waals surface area contributed by atoms with Gasteiger partial charge in [0.25, 0.3) is 0 Å². The van der Waals surface area contributed by atoms with Crippen LogP contribution in [0.4, 0.5) is 0 Å². The minimum atomic E-state index is 0.630. The van der Waals surface area contributed by atoms with Crippen LogP contribution in [0.15, 0.2) is 12.1 Å². The molecular weight excluding hydrogens is 288 g/mol. The van der Waals surface area contributed by atoms with Gasteiger partial charge in [0, 0.05) is 5.88 Å². The molecule has 0 saturated heterocycles.